The molecule has 0 saturated heterocycles. The maximum atomic E-state index is 13.4. The predicted octanol–water partition coefficient (Wildman–Crippen LogP) is 4.08. The van der Waals surface area contributed by atoms with Gasteiger partial charge in [-0.3, -0.25) is 0 Å². The van der Waals surface area contributed by atoms with E-state index in [2.05, 4.69) is 31.0 Å². The smallest absolute Gasteiger partial charge is 0.222 e. The van der Waals surface area contributed by atoms with Crippen LogP contribution in [0.1, 0.15) is 11.4 Å². The topological polar surface area (TPSA) is 69.6 Å². The summed E-state index contributed by atoms with van der Waals surface area (Å²) >= 11 is 9.36. The van der Waals surface area contributed by atoms with Crippen molar-refractivity contribution in [1.29, 1.82) is 0 Å². The summed E-state index contributed by atoms with van der Waals surface area (Å²) in [5.74, 6) is 0.108. The molecule has 0 radical (unpaired) electrons. The first-order valence-electron chi connectivity index (χ1n) is 6.69. The van der Waals surface area contributed by atoms with Crippen molar-refractivity contribution in [3.05, 3.63) is 51.0 Å². The number of halogens is 3. The van der Waals surface area contributed by atoms with Crippen molar-refractivity contribution in [2.45, 2.75) is 13.8 Å². The number of hydrogen-bond acceptors (Lipinski definition) is 4. The summed E-state index contributed by atoms with van der Waals surface area (Å²) in [6.45, 7) is 3.81. The van der Waals surface area contributed by atoms with Gasteiger partial charge in [0, 0.05) is 11.3 Å². The molecule has 0 spiro atoms. The van der Waals surface area contributed by atoms with E-state index in [-0.39, 0.29) is 11.0 Å². The molecule has 0 aliphatic carbocycles. The highest BCUT2D eigenvalue weighted by Gasteiger charge is 2.17. The molecule has 5 nitrogen and oxygen atoms in total. The Morgan fingerprint density at radius 2 is 1.96 bits per heavy atom. The Morgan fingerprint density at radius 3 is 2.57 bits per heavy atom. The maximum absolute atomic E-state index is 13.4. The van der Waals surface area contributed by atoms with Crippen LogP contribution in [0.2, 0.25) is 5.02 Å². The molecule has 8 heteroatoms. The first-order valence-corrected chi connectivity index (χ1v) is 7.86. The van der Waals surface area contributed by atoms with Crippen LogP contribution in [0.15, 0.2) is 28.7 Å². The molecule has 3 rings (SSSR count). The van der Waals surface area contributed by atoms with Gasteiger partial charge < -0.3 is 5.73 Å². The van der Waals surface area contributed by atoms with Gasteiger partial charge in [0.05, 0.1) is 20.9 Å². The fourth-order valence-electron chi connectivity index (χ4n) is 2.27. The molecule has 0 unspecified atom stereocenters. The Labute approximate surface area is 145 Å². The SMILES string of the molecule is Cc1cc(C)n(-c2nc(N)nc(-c3ccc(F)c(Cl)c3)c2Br)n1. The fraction of sp³-hybridized carbons (Fsp3) is 0.133. The molecule has 0 amide bonds. The summed E-state index contributed by atoms with van der Waals surface area (Å²) in [5.41, 5.74) is 8.74. The third kappa shape index (κ3) is 2.94. The van der Waals surface area contributed by atoms with Crippen LogP contribution >= 0.6 is 27.5 Å². The summed E-state index contributed by atoms with van der Waals surface area (Å²) < 4.78 is 15.6. The Morgan fingerprint density at radius 1 is 1.22 bits per heavy atom. The molecule has 1 aromatic carbocycles. The van der Waals surface area contributed by atoms with E-state index in [0.717, 1.165) is 11.4 Å². The van der Waals surface area contributed by atoms with Crippen molar-refractivity contribution < 1.29 is 4.39 Å². The third-order valence-corrected chi connectivity index (χ3v) is 4.27. The number of aromatic nitrogens is 4. The van der Waals surface area contributed by atoms with Crippen molar-refractivity contribution in [3.8, 4) is 17.1 Å². The Kier molecular flexibility index (Phi) is 4.08. The summed E-state index contributed by atoms with van der Waals surface area (Å²) in [7, 11) is 0. The largest absolute Gasteiger partial charge is 0.368 e. The molecule has 0 saturated carbocycles. The average Bonchev–Trinajstić information content (AvgIpc) is 2.82. The molecule has 2 heterocycles. The number of nitrogens with two attached hydrogens (primary N) is 1. The lowest BCUT2D eigenvalue weighted by molar-refractivity contribution is 0.628. The minimum Gasteiger partial charge on any atom is -0.368 e. The fourth-order valence-corrected chi connectivity index (χ4v) is 3.03. The van der Waals surface area contributed by atoms with Crippen LogP contribution in [0.4, 0.5) is 10.3 Å². The first kappa shape index (κ1) is 15.9. The zero-order chi connectivity index (χ0) is 16.7. The second-order valence-corrected chi connectivity index (χ2v) is 6.24. The Hall–Kier alpha value is -1.99. The highest BCUT2D eigenvalue weighted by molar-refractivity contribution is 9.10. The van der Waals surface area contributed by atoms with Crippen LogP contribution in [0.25, 0.3) is 17.1 Å². The number of nitrogens with zero attached hydrogens (tertiary/aromatic N) is 4. The first-order chi connectivity index (χ1) is 10.9. The molecule has 3 aromatic rings. The van der Waals surface area contributed by atoms with Crippen LogP contribution in [0, 0.1) is 19.7 Å². The molecule has 0 atom stereocenters. The predicted molar refractivity (Wildman–Crippen MR) is 91.1 cm³/mol. The van der Waals surface area contributed by atoms with Crippen LogP contribution in [-0.4, -0.2) is 19.7 Å². The van der Waals surface area contributed by atoms with Crippen LogP contribution in [0.5, 0.6) is 0 Å². The van der Waals surface area contributed by atoms with Crippen molar-refractivity contribution >= 4 is 33.5 Å². The van der Waals surface area contributed by atoms with Gasteiger partial charge in [0.25, 0.3) is 0 Å². The second kappa shape index (κ2) is 5.90. The second-order valence-electron chi connectivity index (χ2n) is 5.04. The minimum absolute atomic E-state index is 0.0132. The van der Waals surface area contributed by atoms with Crippen molar-refractivity contribution in [2.75, 3.05) is 5.73 Å². The van der Waals surface area contributed by atoms with Crippen LogP contribution in [-0.2, 0) is 0 Å². The summed E-state index contributed by atoms with van der Waals surface area (Å²) in [6, 6.07) is 6.29. The number of aryl methyl sites for hydroxylation is 2. The van der Waals surface area contributed by atoms with Gasteiger partial charge in [-0.2, -0.15) is 10.1 Å². The molecular formula is C15H12BrClFN5. The van der Waals surface area contributed by atoms with E-state index in [9.17, 15) is 4.39 Å². The van der Waals surface area contributed by atoms with Gasteiger partial charge >= 0.3 is 0 Å². The summed E-state index contributed by atoms with van der Waals surface area (Å²) in [4.78, 5) is 8.49. The van der Waals surface area contributed by atoms with Gasteiger partial charge in [0.1, 0.15) is 5.82 Å². The van der Waals surface area contributed by atoms with Gasteiger partial charge in [-0.1, -0.05) is 11.6 Å². The maximum Gasteiger partial charge on any atom is 0.222 e. The number of rotatable bonds is 2. The van der Waals surface area contributed by atoms with Gasteiger partial charge in [0.15, 0.2) is 5.82 Å². The van der Waals surface area contributed by atoms with E-state index < -0.39 is 5.82 Å². The highest BCUT2D eigenvalue weighted by Crippen LogP contribution is 2.33. The van der Waals surface area contributed by atoms with E-state index >= 15 is 0 Å². The van der Waals surface area contributed by atoms with Gasteiger partial charge in [-0.25, -0.2) is 14.1 Å². The summed E-state index contributed by atoms with van der Waals surface area (Å²) in [5, 5.41) is 4.42. The highest BCUT2D eigenvalue weighted by atomic mass is 79.9. The molecule has 0 fully saturated rings. The lowest BCUT2D eigenvalue weighted by atomic mass is 10.1. The molecule has 0 aliphatic rings. The quantitative estimate of drug-likeness (QED) is 0.708. The zero-order valence-corrected chi connectivity index (χ0v) is 14.7. The molecule has 2 N–H and O–H groups in total. The van der Waals surface area contributed by atoms with Gasteiger partial charge in [-0.15, -0.1) is 0 Å². The third-order valence-electron chi connectivity index (χ3n) is 3.25. The van der Waals surface area contributed by atoms with E-state index in [1.165, 1.54) is 12.1 Å². The molecule has 2 aromatic heterocycles. The van der Waals surface area contributed by atoms with E-state index in [1.54, 1.807) is 10.7 Å². The molecule has 23 heavy (non-hydrogen) atoms. The van der Waals surface area contributed by atoms with Gasteiger partial charge in [0.2, 0.25) is 5.95 Å². The van der Waals surface area contributed by atoms with Crippen LogP contribution < -0.4 is 5.73 Å². The minimum atomic E-state index is -0.493. The van der Waals surface area contributed by atoms with Gasteiger partial charge in [-0.05, 0) is 54.0 Å². The van der Waals surface area contributed by atoms with E-state index in [4.69, 9.17) is 17.3 Å². The molecule has 0 bridgehead atoms. The monoisotopic (exact) mass is 395 g/mol. The number of hydrogen-bond donors (Lipinski definition) is 1. The zero-order valence-electron chi connectivity index (χ0n) is 12.3. The molecule has 0 aliphatic heterocycles. The summed E-state index contributed by atoms with van der Waals surface area (Å²) in [6.07, 6.45) is 0. The number of nitrogen functional groups attached to an aromatic ring is 1. The van der Waals surface area contributed by atoms with E-state index in [1.807, 2.05) is 19.9 Å². The standard InChI is InChI=1S/C15H12BrClFN5/c1-7-5-8(2)23(22-7)14-12(16)13(20-15(19)21-14)9-3-4-11(18)10(17)6-9/h3-6H,1-2H3,(H2,19,20,21). The lowest BCUT2D eigenvalue weighted by Gasteiger charge is -2.11. The van der Waals surface area contributed by atoms with Crippen LogP contribution in [0.3, 0.4) is 0 Å². The Bertz CT molecular complexity index is 909. The lowest BCUT2D eigenvalue weighted by Crippen LogP contribution is -2.08. The van der Waals surface area contributed by atoms with Crippen molar-refractivity contribution in [2.24, 2.45) is 0 Å². The normalized spacial score (nSPS) is 11.0. The Balaban J connectivity index is 2.23. The number of benzene rings is 1. The van der Waals surface area contributed by atoms with Crippen molar-refractivity contribution in [3.63, 3.8) is 0 Å². The molecule has 118 valence electrons. The number of anilines is 1. The average molecular weight is 397 g/mol. The van der Waals surface area contributed by atoms with Crippen molar-refractivity contribution in [1.82, 2.24) is 19.7 Å². The molecular weight excluding hydrogens is 385 g/mol. The van der Waals surface area contributed by atoms with E-state index in [0.29, 0.717) is 21.5 Å².